The Hall–Kier alpha value is -5.28. The Balaban J connectivity index is 0.753. The molecule has 1 aromatic heterocycles. The Bertz CT molecular complexity index is 2520. The summed E-state index contributed by atoms with van der Waals surface area (Å²) in [7, 11) is 1.45. The summed E-state index contributed by atoms with van der Waals surface area (Å²) < 4.78 is 53.4. The van der Waals surface area contributed by atoms with E-state index in [0.29, 0.717) is 67.8 Å². The van der Waals surface area contributed by atoms with Crippen LogP contribution in [0.5, 0.6) is 5.75 Å². The van der Waals surface area contributed by atoms with Gasteiger partial charge in [0.1, 0.15) is 41.1 Å². The van der Waals surface area contributed by atoms with Gasteiger partial charge in [-0.1, -0.05) is 50.3 Å². The van der Waals surface area contributed by atoms with Gasteiger partial charge in [-0.15, -0.1) is 0 Å². The second-order valence-electron chi connectivity index (χ2n) is 18.7. The van der Waals surface area contributed by atoms with Crippen LogP contribution in [0.1, 0.15) is 105 Å². The molecular weight excluding hydrogens is 871 g/mol. The zero-order valence-electron chi connectivity index (χ0n) is 37.7. The molecule has 66 heavy (non-hydrogen) atoms. The third-order valence-corrected chi connectivity index (χ3v) is 15.3. The monoisotopic (exact) mass is 927 g/mol. The third-order valence-electron chi connectivity index (χ3n) is 15.0. The number of fused-ring (bicyclic) bond motifs is 2. The minimum Gasteiger partial charge on any atom is -0.493 e. The first-order valence-corrected chi connectivity index (χ1v) is 24.0. The van der Waals surface area contributed by atoms with Gasteiger partial charge in [0.15, 0.2) is 5.82 Å². The molecule has 12 nitrogen and oxygen atoms in total. The quantitative estimate of drug-likeness (QED) is 0.129. The van der Waals surface area contributed by atoms with Crippen molar-refractivity contribution in [2.75, 3.05) is 64.4 Å². The molecule has 4 aliphatic heterocycles. The molecule has 4 aromatic rings. The highest BCUT2D eigenvalue weighted by atomic mass is 35.5. The van der Waals surface area contributed by atoms with Crippen molar-refractivity contribution in [1.82, 2.24) is 29.6 Å². The van der Waals surface area contributed by atoms with Crippen LogP contribution in [-0.4, -0.2) is 119 Å². The zero-order valence-corrected chi connectivity index (χ0v) is 38.4. The topological polar surface area (TPSA) is 119 Å². The molecule has 5 heterocycles. The molecule has 1 atom stereocenters. The molecule has 1 aliphatic carbocycles. The standard InChI is InChI=1S/C50H57ClF3N7O5/c1-3-42(62)59-20-22-60(23-21-59)48-36-27-38(51)44(46(54)47(36)55-29-56-48)45-39(53)5-4-6-41(45)66-24-16-31-9-7-30(8-10-31)13-17-58-18-14-32(15-19-58)34-25-33(52)26-35-37(34)28-61(49(35)64)40-11-12-43(63)57(2)50(40)65/h4-6,25-27,29-32,40H,3,7-24,28H2,1-2H3. The molecular formula is C50H57ClF3N7O5. The fourth-order valence-electron chi connectivity index (χ4n) is 11.1. The lowest BCUT2D eigenvalue weighted by Gasteiger charge is -2.35. The van der Waals surface area contributed by atoms with E-state index in [1.165, 1.54) is 30.4 Å². The highest BCUT2D eigenvalue weighted by Crippen LogP contribution is 2.44. The number of piperazine rings is 1. The number of imide groups is 1. The number of carbonyl (C=O) groups is 4. The van der Waals surface area contributed by atoms with E-state index in [2.05, 4.69) is 14.9 Å². The van der Waals surface area contributed by atoms with Crippen LogP contribution < -0.4 is 9.64 Å². The Morgan fingerprint density at radius 3 is 2.32 bits per heavy atom. The van der Waals surface area contributed by atoms with Crippen LogP contribution in [0, 0.1) is 29.3 Å². The molecule has 4 amide bonds. The normalized spacial score (nSPS) is 22.2. The number of ether oxygens (including phenoxy) is 1. The van der Waals surface area contributed by atoms with E-state index in [0.717, 1.165) is 87.0 Å². The van der Waals surface area contributed by atoms with Crippen LogP contribution in [0.4, 0.5) is 19.0 Å². The summed E-state index contributed by atoms with van der Waals surface area (Å²) in [4.78, 5) is 68.4. The summed E-state index contributed by atoms with van der Waals surface area (Å²) in [5.74, 6) is -0.793. The average molecular weight is 928 g/mol. The highest BCUT2D eigenvalue weighted by molar-refractivity contribution is 6.34. The van der Waals surface area contributed by atoms with Gasteiger partial charge in [-0.2, -0.15) is 0 Å². The fourth-order valence-corrected chi connectivity index (χ4v) is 11.3. The summed E-state index contributed by atoms with van der Waals surface area (Å²) in [6, 6.07) is 8.20. The molecule has 4 fully saturated rings. The highest BCUT2D eigenvalue weighted by Gasteiger charge is 2.43. The number of nitrogens with zero attached hydrogens (tertiary/aromatic N) is 7. The first-order valence-electron chi connectivity index (χ1n) is 23.6. The molecule has 350 valence electrons. The van der Waals surface area contributed by atoms with Crippen LogP contribution >= 0.6 is 11.6 Å². The lowest BCUT2D eigenvalue weighted by atomic mass is 9.79. The number of rotatable bonds is 12. The molecule has 1 saturated carbocycles. The van der Waals surface area contributed by atoms with Crippen molar-refractivity contribution in [3.8, 4) is 16.9 Å². The Labute approximate surface area is 388 Å². The number of carbonyl (C=O) groups excluding carboxylic acids is 4. The van der Waals surface area contributed by atoms with Gasteiger partial charge in [-0.3, -0.25) is 24.1 Å². The predicted octanol–water partition coefficient (Wildman–Crippen LogP) is 8.37. The number of likely N-dealkylation sites (N-methyl/N-ethyl adjacent to an activating group) is 1. The first kappa shape index (κ1) is 45.9. The Morgan fingerprint density at radius 2 is 1.59 bits per heavy atom. The minimum absolute atomic E-state index is 0.0244. The van der Waals surface area contributed by atoms with Crippen molar-refractivity contribution in [3.05, 3.63) is 81.9 Å². The number of hydrogen-bond donors (Lipinski definition) is 0. The van der Waals surface area contributed by atoms with E-state index in [-0.39, 0.29) is 76.3 Å². The second kappa shape index (κ2) is 19.5. The van der Waals surface area contributed by atoms with Crippen molar-refractivity contribution in [3.63, 3.8) is 0 Å². The predicted molar refractivity (Wildman–Crippen MR) is 245 cm³/mol. The van der Waals surface area contributed by atoms with Crippen LogP contribution in [0.25, 0.3) is 22.0 Å². The summed E-state index contributed by atoms with van der Waals surface area (Å²) in [6.07, 6.45) is 10.2. The lowest BCUT2D eigenvalue weighted by Crippen LogP contribution is -2.53. The van der Waals surface area contributed by atoms with Gasteiger partial charge >= 0.3 is 0 Å². The van der Waals surface area contributed by atoms with Gasteiger partial charge in [0.2, 0.25) is 11.8 Å². The molecule has 3 saturated heterocycles. The van der Waals surface area contributed by atoms with Crippen molar-refractivity contribution >= 4 is 52.0 Å². The third kappa shape index (κ3) is 9.09. The van der Waals surface area contributed by atoms with Gasteiger partial charge in [-0.25, -0.2) is 23.1 Å². The van der Waals surface area contributed by atoms with Gasteiger partial charge in [0, 0.05) is 69.1 Å². The van der Waals surface area contributed by atoms with Gasteiger partial charge in [0.05, 0.1) is 17.2 Å². The second-order valence-corrected chi connectivity index (χ2v) is 19.1. The molecule has 0 spiro atoms. The van der Waals surface area contributed by atoms with E-state index in [9.17, 15) is 23.6 Å². The van der Waals surface area contributed by atoms with Gasteiger partial charge in [-0.05, 0) is 111 Å². The molecule has 16 heteroatoms. The van der Waals surface area contributed by atoms with Crippen LogP contribution in [0.15, 0.2) is 42.7 Å². The van der Waals surface area contributed by atoms with Crippen molar-refractivity contribution in [2.45, 2.75) is 96.1 Å². The summed E-state index contributed by atoms with van der Waals surface area (Å²) >= 11 is 6.79. The zero-order chi connectivity index (χ0) is 46.2. The number of halogens is 4. The number of amides is 4. The van der Waals surface area contributed by atoms with Crippen LogP contribution in [-0.2, 0) is 20.9 Å². The summed E-state index contributed by atoms with van der Waals surface area (Å²) in [5, 5.41) is 0.441. The number of aromatic nitrogens is 2. The van der Waals surface area contributed by atoms with E-state index < -0.39 is 23.5 Å². The maximum absolute atomic E-state index is 16.5. The maximum Gasteiger partial charge on any atom is 0.255 e. The lowest BCUT2D eigenvalue weighted by molar-refractivity contribution is -0.150. The van der Waals surface area contributed by atoms with Gasteiger partial charge < -0.3 is 24.3 Å². The number of likely N-dealkylation sites (tertiary alicyclic amines) is 2. The molecule has 0 N–H and O–H groups in total. The van der Waals surface area contributed by atoms with E-state index in [1.807, 2.05) is 16.7 Å². The summed E-state index contributed by atoms with van der Waals surface area (Å²) in [6.45, 7) is 7.32. The largest absolute Gasteiger partial charge is 0.493 e. The Morgan fingerprint density at radius 1 is 0.864 bits per heavy atom. The minimum atomic E-state index is -0.749. The maximum atomic E-state index is 16.5. The van der Waals surface area contributed by atoms with Gasteiger partial charge in [0.25, 0.3) is 11.8 Å². The van der Waals surface area contributed by atoms with Crippen LogP contribution in [0.3, 0.4) is 0 Å². The number of hydrogen-bond acceptors (Lipinski definition) is 9. The first-order chi connectivity index (χ1) is 31.9. The molecule has 1 unspecified atom stereocenters. The fraction of sp³-hybridized carbons (Fsp3) is 0.520. The van der Waals surface area contributed by atoms with Crippen molar-refractivity contribution in [1.29, 1.82) is 0 Å². The van der Waals surface area contributed by atoms with E-state index in [1.54, 1.807) is 24.3 Å². The van der Waals surface area contributed by atoms with Crippen molar-refractivity contribution < 1.29 is 37.1 Å². The molecule has 5 aliphatic rings. The average Bonchev–Trinajstić information content (AvgIpc) is 3.65. The number of piperidine rings is 2. The smallest absolute Gasteiger partial charge is 0.255 e. The van der Waals surface area contributed by atoms with Crippen LogP contribution in [0.2, 0.25) is 5.02 Å². The molecule has 3 aromatic carbocycles. The summed E-state index contributed by atoms with van der Waals surface area (Å²) in [5.41, 5.74) is 1.90. The molecule has 9 rings (SSSR count). The van der Waals surface area contributed by atoms with Crippen molar-refractivity contribution in [2.24, 2.45) is 11.8 Å². The Kier molecular flexibility index (Phi) is 13.6. The molecule has 0 radical (unpaired) electrons. The van der Waals surface area contributed by atoms with E-state index in [4.69, 9.17) is 16.3 Å². The number of anilines is 1. The van der Waals surface area contributed by atoms with E-state index >= 15 is 8.78 Å². The molecule has 0 bridgehead atoms. The SMILES string of the molecule is CCC(=O)N1CCN(c2ncnc3c(F)c(-c4c(F)cccc4OCCC4CCC(CCN5CCC(c6cc(F)cc7c6CN(C6CCC(=O)N(C)C6=O)C7=O)CC5)CC4)c(Cl)cc23)CC1. The number of benzene rings is 3.